The maximum Gasteiger partial charge on any atom is 0.311 e. The number of benzene rings is 1. The minimum Gasteiger partial charge on any atom is -0.466 e. The monoisotopic (exact) mass is 352 g/mol. The van der Waals surface area contributed by atoms with Gasteiger partial charge < -0.3 is 4.74 Å². The van der Waals surface area contributed by atoms with Crippen LogP contribution in [0.1, 0.15) is 29.9 Å². The van der Waals surface area contributed by atoms with Gasteiger partial charge in [-0.3, -0.25) is 14.5 Å². The molecule has 5 nitrogen and oxygen atoms in total. The Morgan fingerprint density at radius 3 is 2.57 bits per heavy atom. The molecule has 0 atom stereocenters. The highest BCUT2D eigenvalue weighted by atomic mass is 35.5. The summed E-state index contributed by atoms with van der Waals surface area (Å²) >= 11 is 7.17. The third kappa shape index (κ3) is 4.53. The molecule has 0 aliphatic heterocycles. The highest BCUT2D eigenvalue weighted by molar-refractivity contribution is 7.14. The van der Waals surface area contributed by atoms with Crippen molar-refractivity contribution in [2.45, 2.75) is 20.3 Å². The van der Waals surface area contributed by atoms with Gasteiger partial charge in [0, 0.05) is 22.5 Å². The number of thiazole rings is 1. The summed E-state index contributed by atoms with van der Waals surface area (Å²) in [7, 11) is 0. The van der Waals surface area contributed by atoms with Gasteiger partial charge in [0.15, 0.2) is 5.13 Å². The Hall–Kier alpha value is -1.92. The smallest absolute Gasteiger partial charge is 0.311 e. The molecule has 0 unspecified atom stereocenters. The topological polar surface area (TPSA) is 59.5 Å². The zero-order valence-corrected chi connectivity index (χ0v) is 14.5. The first-order valence-corrected chi connectivity index (χ1v) is 8.48. The van der Waals surface area contributed by atoms with Gasteiger partial charge in [-0.2, -0.15) is 0 Å². The molecule has 0 N–H and O–H groups in total. The second-order valence-corrected chi connectivity index (χ2v) is 5.93. The van der Waals surface area contributed by atoms with Gasteiger partial charge >= 0.3 is 5.97 Å². The number of hydrogen-bond donors (Lipinski definition) is 0. The van der Waals surface area contributed by atoms with Gasteiger partial charge in [-0.1, -0.05) is 11.6 Å². The van der Waals surface area contributed by atoms with Gasteiger partial charge in [-0.15, -0.1) is 11.3 Å². The van der Waals surface area contributed by atoms with E-state index in [0.29, 0.717) is 34.6 Å². The summed E-state index contributed by atoms with van der Waals surface area (Å²) in [5.74, 6) is -0.474. The van der Waals surface area contributed by atoms with E-state index in [4.69, 9.17) is 16.3 Å². The predicted molar refractivity (Wildman–Crippen MR) is 91.3 cm³/mol. The number of nitrogens with zero attached hydrogens (tertiary/aromatic N) is 2. The SMILES string of the molecule is CCOC(=O)Cc1csc(N(CC)C(=O)c2ccc(Cl)cc2)n1. The number of amides is 1. The van der Waals surface area contributed by atoms with Crippen LogP contribution < -0.4 is 4.90 Å². The van der Waals surface area contributed by atoms with Crippen LogP contribution in [-0.4, -0.2) is 30.0 Å². The maximum atomic E-state index is 12.6. The Bertz CT molecular complexity index is 685. The van der Waals surface area contributed by atoms with E-state index in [-0.39, 0.29) is 18.3 Å². The lowest BCUT2D eigenvalue weighted by Crippen LogP contribution is -2.30. The van der Waals surface area contributed by atoms with Gasteiger partial charge in [0.05, 0.1) is 18.7 Å². The number of ether oxygens (including phenoxy) is 1. The molecule has 122 valence electrons. The zero-order chi connectivity index (χ0) is 16.8. The Morgan fingerprint density at radius 1 is 1.26 bits per heavy atom. The first-order valence-electron chi connectivity index (χ1n) is 7.22. The number of halogens is 1. The van der Waals surface area contributed by atoms with Gasteiger partial charge in [0.2, 0.25) is 0 Å². The highest BCUT2D eigenvalue weighted by Crippen LogP contribution is 2.23. The number of aromatic nitrogens is 1. The molecular formula is C16H17ClN2O3S. The fraction of sp³-hybridized carbons (Fsp3) is 0.312. The lowest BCUT2D eigenvalue weighted by molar-refractivity contribution is -0.142. The molecule has 0 radical (unpaired) electrons. The van der Waals surface area contributed by atoms with Crippen molar-refractivity contribution in [2.75, 3.05) is 18.1 Å². The fourth-order valence-corrected chi connectivity index (χ4v) is 2.99. The highest BCUT2D eigenvalue weighted by Gasteiger charge is 2.19. The van der Waals surface area contributed by atoms with Crippen molar-refractivity contribution < 1.29 is 14.3 Å². The largest absolute Gasteiger partial charge is 0.466 e. The van der Waals surface area contributed by atoms with Crippen LogP contribution in [0.4, 0.5) is 5.13 Å². The summed E-state index contributed by atoms with van der Waals surface area (Å²) in [4.78, 5) is 30.0. The van der Waals surface area contributed by atoms with Crippen molar-refractivity contribution >= 4 is 39.9 Å². The summed E-state index contributed by atoms with van der Waals surface area (Å²) < 4.78 is 4.90. The Labute approximate surface area is 143 Å². The quantitative estimate of drug-likeness (QED) is 0.746. The van der Waals surface area contributed by atoms with Gasteiger partial charge in [0.1, 0.15) is 0 Å². The second-order valence-electron chi connectivity index (χ2n) is 4.66. The third-order valence-electron chi connectivity index (χ3n) is 3.05. The Kier molecular flexibility index (Phi) is 6.12. The number of esters is 1. The van der Waals surface area contributed by atoms with Crippen LogP contribution in [0.25, 0.3) is 0 Å². The molecule has 0 spiro atoms. The predicted octanol–water partition coefficient (Wildman–Crippen LogP) is 3.57. The molecule has 0 saturated heterocycles. The second kappa shape index (κ2) is 8.08. The molecule has 7 heteroatoms. The Morgan fingerprint density at radius 2 is 1.96 bits per heavy atom. The molecule has 1 aromatic carbocycles. The summed E-state index contributed by atoms with van der Waals surface area (Å²) in [5, 5.41) is 2.91. The molecule has 0 aliphatic rings. The van der Waals surface area contributed by atoms with Crippen LogP contribution in [0.5, 0.6) is 0 Å². The van der Waals surface area contributed by atoms with Gasteiger partial charge in [-0.25, -0.2) is 4.98 Å². The average Bonchev–Trinajstić information content (AvgIpc) is 2.97. The summed E-state index contributed by atoms with van der Waals surface area (Å²) in [6.07, 6.45) is 0.108. The maximum absolute atomic E-state index is 12.6. The molecular weight excluding hydrogens is 336 g/mol. The summed E-state index contributed by atoms with van der Waals surface area (Å²) in [6, 6.07) is 6.72. The van der Waals surface area contributed by atoms with Gasteiger partial charge in [0.25, 0.3) is 5.91 Å². The van der Waals surface area contributed by atoms with Crippen molar-refractivity contribution in [2.24, 2.45) is 0 Å². The van der Waals surface area contributed by atoms with E-state index >= 15 is 0 Å². The van der Waals surface area contributed by atoms with E-state index in [2.05, 4.69) is 4.98 Å². The van der Waals surface area contributed by atoms with Crippen molar-refractivity contribution in [3.05, 3.63) is 45.9 Å². The Balaban J connectivity index is 2.14. The number of anilines is 1. The molecule has 0 aliphatic carbocycles. The number of carbonyl (C=O) groups is 2. The van der Waals surface area contributed by atoms with Gasteiger partial charge in [-0.05, 0) is 38.1 Å². The van der Waals surface area contributed by atoms with E-state index in [9.17, 15) is 9.59 Å². The van der Waals surface area contributed by atoms with E-state index in [1.807, 2.05) is 6.92 Å². The fourth-order valence-electron chi connectivity index (χ4n) is 1.98. The molecule has 0 saturated carbocycles. The molecule has 1 heterocycles. The van der Waals surface area contributed by atoms with E-state index in [1.165, 1.54) is 11.3 Å². The number of hydrogen-bond acceptors (Lipinski definition) is 5. The van der Waals surface area contributed by atoms with Crippen LogP contribution in [0, 0.1) is 0 Å². The average molecular weight is 353 g/mol. The normalized spacial score (nSPS) is 10.4. The molecule has 2 rings (SSSR count). The first kappa shape index (κ1) is 17.4. The molecule has 1 amide bonds. The standard InChI is InChI=1S/C16H17ClN2O3S/c1-3-19(15(21)11-5-7-12(17)8-6-11)16-18-13(10-23-16)9-14(20)22-4-2/h5-8,10H,3-4,9H2,1-2H3. The van der Waals surface area contributed by atoms with E-state index in [1.54, 1.807) is 41.5 Å². The van der Waals surface area contributed by atoms with Crippen LogP contribution >= 0.6 is 22.9 Å². The van der Waals surface area contributed by atoms with Crippen molar-refractivity contribution in [1.82, 2.24) is 4.98 Å². The van der Waals surface area contributed by atoms with Crippen LogP contribution in [0.3, 0.4) is 0 Å². The minimum absolute atomic E-state index is 0.108. The van der Waals surface area contributed by atoms with Crippen molar-refractivity contribution in [1.29, 1.82) is 0 Å². The molecule has 2 aromatic rings. The van der Waals surface area contributed by atoms with Crippen LogP contribution in [0.2, 0.25) is 5.02 Å². The number of rotatable bonds is 6. The molecule has 1 aromatic heterocycles. The number of carbonyl (C=O) groups excluding carboxylic acids is 2. The molecule has 23 heavy (non-hydrogen) atoms. The van der Waals surface area contributed by atoms with Crippen molar-refractivity contribution in [3.63, 3.8) is 0 Å². The van der Waals surface area contributed by atoms with Crippen molar-refractivity contribution in [3.8, 4) is 0 Å². The van der Waals surface area contributed by atoms with Crippen LogP contribution in [-0.2, 0) is 16.0 Å². The molecule has 0 bridgehead atoms. The zero-order valence-electron chi connectivity index (χ0n) is 12.9. The first-order chi connectivity index (χ1) is 11.0. The van der Waals surface area contributed by atoms with Crippen LogP contribution in [0.15, 0.2) is 29.6 Å². The minimum atomic E-state index is -0.323. The van der Waals surface area contributed by atoms with E-state index in [0.717, 1.165) is 0 Å². The third-order valence-corrected chi connectivity index (χ3v) is 4.22. The molecule has 0 fully saturated rings. The lowest BCUT2D eigenvalue weighted by atomic mass is 10.2. The van der Waals surface area contributed by atoms with E-state index < -0.39 is 0 Å². The summed E-state index contributed by atoms with van der Waals surface area (Å²) in [5.41, 5.74) is 1.14. The summed E-state index contributed by atoms with van der Waals surface area (Å²) in [6.45, 7) is 4.45. The lowest BCUT2D eigenvalue weighted by Gasteiger charge is -2.17.